The first-order chi connectivity index (χ1) is 11.6. The Morgan fingerprint density at radius 1 is 1.00 bits per heavy atom. The number of urea groups is 1. The average Bonchev–Trinajstić information content (AvgIpc) is 3.05. The molecule has 3 aromatic rings. The summed E-state index contributed by atoms with van der Waals surface area (Å²) < 4.78 is 5.64. The molecule has 0 fully saturated rings. The van der Waals surface area contributed by atoms with Crippen LogP contribution in [0, 0.1) is 13.8 Å². The number of carbonyl (C=O) groups excluding carboxylic acids is 1. The Morgan fingerprint density at radius 3 is 2.33 bits per heavy atom. The summed E-state index contributed by atoms with van der Waals surface area (Å²) in [5.41, 5.74) is 1.84. The van der Waals surface area contributed by atoms with E-state index in [9.17, 15) is 4.79 Å². The molecule has 0 atom stereocenters. The number of aryl methyl sites for hydroxylation is 2. The van der Waals surface area contributed by atoms with Gasteiger partial charge in [0, 0.05) is 0 Å². The molecule has 3 rings (SSSR count). The number of carbonyl (C=O) groups is 1. The zero-order valence-corrected chi connectivity index (χ0v) is 14.1. The highest BCUT2D eigenvalue weighted by atomic mass is 32.1. The summed E-state index contributed by atoms with van der Waals surface area (Å²) in [6.45, 7) is 3.60. The molecule has 0 saturated heterocycles. The molecule has 2 aromatic heterocycles. The van der Waals surface area contributed by atoms with Crippen molar-refractivity contribution in [2.45, 2.75) is 13.8 Å². The van der Waals surface area contributed by atoms with Gasteiger partial charge in [-0.2, -0.15) is 9.97 Å². The summed E-state index contributed by atoms with van der Waals surface area (Å²) in [7, 11) is 0. The predicted molar refractivity (Wildman–Crippen MR) is 95.0 cm³/mol. The molecule has 0 aliphatic heterocycles. The maximum absolute atomic E-state index is 12.1. The molecule has 2 heterocycles. The van der Waals surface area contributed by atoms with Crippen LogP contribution in [0.5, 0.6) is 11.8 Å². The standard InChI is InChI=1S/C17H16N4O2S/c1-11-15(21-16(22)20-14-9-6-10-24-14)12(2)19-17(18-11)23-13-7-4-3-5-8-13/h3-10H,1-2H3,(H2,20,21,22). The van der Waals surface area contributed by atoms with E-state index in [1.807, 2.05) is 47.8 Å². The third-order valence-corrected chi connectivity index (χ3v) is 3.98. The van der Waals surface area contributed by atoms with Gasteiger partial charge in [0.2, 0.25) is 0 Å². The number of anilines is 2. The van der Waals surface area contributed by atoms with Gasteiger partial charge in [-0.25, -0.2) is 4.79 Å². The fourth-order valence-electron chi connectivity index (χ4n) is 2.11. The first-order valence-electron chi connectivity index (χ1n) is 7.31. The van der Waals surface area contributed by atoms with Crippen molar-refractivity contribution in [3.05, 3.63) is 59.2 Å². The summed E-state index contributed by atoms with van der Waals surface area (Å²) in [4.78, 5) is 20.7. The van der Waals surface area contributed by atoms with E-state index in [1.54, 1.807) is 13.8 Å². The second kappa shape index (κ2) is 7.10. The van der Waals surface area contributed by atoms with Gasteiger partial charge in [-0.3, -0.25) is 5.32 Å². The first-order valence-corrected chi connectivity index (χ1v) is 8.19. The normalized spacial score (nSPS) is 10.2. The van der Waals surface area contributed by atoms with Gasteiger partial charge in [0.05, 0.1) is 22.1 Å². The molecule has 0 unspecified atom stereocenters. The SMILES string of the molecule is Cc1nc(Oc2ccccc2)nc(C)c1NC(=O)Nc1cccs1. The number of hydrogen-bond acceptors (Lipinski definition) is 5. The lowest BCUT2D eigenvalue weighted by molar-refractivity contribution is 0.262. The van der Waals surface area contributed by atoms with Crippen LogP contribution in [0.2, 0.25) is 0 Å². The molecule has 0 radical (unpaired) electrons. The van der Waals surface area contributed by atoms with E-state index < -0.39 is 0 Å². The van der Waals surface area contributed by atoms with Gasteiger partial charge in [-0.1, -0.05) is 18.2 Å². The van der Waals surface area contributed by atoms with Crippen LogP contribution >= 0.6 is 11.3 Å². The molecule has 122 valence electrons. The molecule has 24 heavy (non-hydrogen) atoms. The smallest absolute Gasteiger partial charge is 0.324 e. The Kier molecular flexibility index (Phi) is 4.72. The molecule has 2 N–H and O–H groups in total. The zero-order valence-electron chi connectivity index (χ0n) is 13.2. The van der Waals surface area contributed by atoms with Gasteiger partial charge in [-0.15, -0.1) is 11.3 Å². The number of thiophene rings is 1. The Bertz CT molecular complexity index is 812. The summed E-state index contributed by atoms with van der Waals surface area (Å²) in [6, 6.07) is 12.9. The van der Waals surface area contributed by atoms with E-state index in [1.165, 1.54) is 11.3 Å². The monoisotopic (exact) mass is 340 g/mol. The highest BCUT2D eigenvalue weighted by Crippen LogP contribution is 2.23. The molecule has 7 heteroatoms. The third kappa shape index (κ3) is 3.88. The fraction of sp³-hybridized carbons (Fsp3) is 0.118. The fourth-order valence-corrected chi connectivity index (χ4v) is 2.72. The molecular formula is C17H16N4O2S. The van der Waals surface area contributed by atoms with E-state index in [0.29, 0.717) is 22.8 Å². The number of aromatic nitrogens is 2. The number of nitrogens with one attached hydrogen (secondary N) is 2. The van der Waals surface area contributed by atoms with E-state index >= 15 is 0 Å². The van der Waals surface area contributed by atoms with E-state index in [-0.39, 0.29) is 12.0 Å². The molecule has 2 amide bonds. The first kappa shape index (κ1) is 15.9. The van der Waals surface area contributed by atoms with E-state index in [2.05, 4.69) is 20.6 Å². The Labute approximate surface area is 143 Å². The van der Waals surface area contributed by atoms with Crippen LogP contribution in [-0.2, 0) is 0 Å². The third-order valence-electron chi connectivity index (χ3n) is 3.20. The van der Waals surface area contributed by atoms with Gasteiger partial charge < -0.3 is 10.1 Å². The minimum Gasteiger partial charge on any atom is -0.424 e. The summed E-state index contributed by atoms with van der Waals surface area (Å²) in [5, 5.41) is 8.21. The maximum atomic E-state index is 12.1. The lowest BCUT2D eigenvalue weighted by atomic mass is 10.3. The number of benzene rings is 1. The average molecular weight is 340 g/mol. The molecule has 0 aliphatic rings. The van der Waals surface area contributed by atoms with E-state index in [4.69, 9.17) is 4.74 Å². The molecule has 0 saturated carbocycles. The highest BCUT2D eigenvalue weighted by molar-refractivity contribution is 7.14. The van der Waals surface area contributed by atoms with Gasteiger partial charge in [0.15, 0.2) is 0 Å². The Morgan fingerprint density at radius 2 is 1.71 bits per heavy atom. The second-order valence-corrected chi connectivity index (χ2v) is 5.97. The van der Waals surface area contributed by atoms with Crippen LogP contribution in [0.3, 0.4) is 0 Å². The summed E-state index contributed by atoms with van der Waals surface area (Å²) in [5.74, 6) is 0.660. The topological polar surface area (TPSA) is 76.1 Å². The van der Waals surface area contributed by atoms with Crippen molar-refractivity contribution >= 4 is 28.1 Å². The van der Waals surface area contributed by atoms with Crippen molar-refractivity contribution in [1.82, 2.24) is 9.97 Å². The second-order valence-electron chi connectivity index (χ2n) is 5.02. The number of rotatable bonds is 4. The van der Waals surface area contributed by atoms with Crippen LogP contribution in [0.4, 0.5) is 15.5 Å². The largest absolute Gasteiger partial charge is 0.424 e. The molecule has 1 aromatic carbocycles. The molecule has 0 aliphatic carbocycles. The molecule has 0 bridgehead atoms. The van der Waals surface area contributed by atoms with Crippen molar-refractivity contribution in [3.63, 3.8) is 0 Å². The van der Waals surface area contributed by atoms with Crippen molar-refractivity contribution in [3.8, 4) is 11.8 Å². The number of ether oxygens (including phenoxy) is 1. The number of para-hydroxylation sites is 1. The molecule has 0 spiro atoms. The zero-order chi connectivity index (χ0) is 16.9. The predicted octanol–water partition coefficient (Wildman–Crippen LogP) is 4.59. The molecule has 6 nitrogen and oxygen atoms in total. The quantitative estimate of drug-likeness (QED) is 0.728. The highest BCUT2D eigenvalue weighted by Gasteiger charge is 2.13. The minimum absolute atomic E-state index is 0.250. The van der Waals surface area contributed by atoms with Crippen LogP contribution < -0.4 is 15.4 Å². The lowest BCUT2D eigenvalue weighted by Gasteiger charge is -2.12. The van der Waals surface area contributed by atoms with Crippen LogP contribution in [0.15, 0.2) is 47.8 Å². The van der Waals surface area contributed by atoms with Crippen molar-refractivity contribution in [2.24, 2.45) is 0 Å². The van der Waals surface area contributed by atoms with Gasteiger partial charge in [0.1, 0.15) is 5.75 Å². The van der Waals surface area contributed by atoms with Crippen LogP contribution in [0.1, 0.15) is 11.4 Å². The minimum atomic E-state index is -0.330. The summed E-state index contributed by atoms with van der Waals surface area (Å²) >= 11 is 1.45. The van der Waals surface area contributed by atoms with Gasteiger partial charge >= 0.3 is 12.0 Å². The Balaban J connectivity index is 1.73. The van der Waals surface area contributed by atoms with Crippen molar-refractivity contribution in [2.75, 3.05) is 10.6 Å². The molecular weight excluding hydrogens is 324 g/mol. The van der Waals surface area contributed by atoms with Gasteiger partial charge in [0.25, 0.3) is 0 Å². The number of amides is 2. The number of hydrogen-bond donors (Lipinski definition) is 2. The van der Waals surface area contributed by atoms with Crippen LogP contribution in [-0.4, -0.2) is 16.0 Å². The van der Waals surface area contributed by atoms with Gasteiger partial charge in [-0.05, 0) is 43.5 Å². The Hall–Kier alpha value is -2.93. The summed E-state index contributed by atoms with van der Waals surface area (Å²) in [6.07, 6.45) is 0. The maximum Gasteiger partial charge on any atom is 0.324 e. The lowest BCUT2D eigenvalue weighted by Crippen LogP contribution is -2.20. The number of nitrogens with zero attached hydrogens (tertiary/aromatic N) is 2. The van der Waals surface area contributed by atoms with Crippen molar-refractivity contribution in [1.29, 1.82) is 0 Å². The van der Waals surface area contributed by atoms with E-state index in [0.717, 1.165) is 5.00 Å². The van der Waals surface area contributed by atoms with Crippen LogP contribution in [0.25, 0.3) is 0 Å². The van der Waals surface area contributed by atoms with Crippen molar-refractivity contribution < 1.29 is 9.53 Å².